The number of hydrogen-bond acceptors (Lipinski definition) is 3. The predicted octanol–water partition coefficient (Wildman–Crippen LogP) is -0.323. The molecule has 1 N–H and O–H groups in total. The van der Waals surface area contributed by atoms with Gasteiger partial charge >= 0.3 is 0 Å². The standard InChI is InChI=1S/C12H17NO3/c14-11(13-8-3-4-8)9-6-1-2-7(5-6)10(9)12(15)16/h6-10H,1-5H2,(H,13,14)(H,15,16)/p-1/t6-,7-,9+,10-/m0/s1. The fourth-order valence-corrected chi connectivity index (χ4v) is 3.53. The van der Waals surface area contributed by atoms with Gasteiger partial charge in [-0.15, -0.1) is 0 Å². The van der Waals surface area contributed by atoms with Gasteiger partial charge in [0.25, 0.3) is 0 Å². The van der Waals surface area contributed by atoms with Crippen molar-refractivity contribution in [3.63, 3.8) is 0 Å². The Balaban J connectivity index is 1.75. The Morgan fingerprint density at radius 1 is 1.00 bits per heavy atom. The quantitative estimate of drug-likeness (QED) is 0.711. The molecular formula is C12H16NO3-. The second-order valence-electron chi connectivity index (χ2n) is 5.49. The van der Waals surface area contributed by atoms with Gasteiger partial charge in [0.2, 0.25) is 5.91 Å². The highest BCUT2D eigenvalue weighted by atomic mass is 16.4. The summed E-state index contributed by atoms with van der Waals surface area (Å²) in [6.45, 7) is 0. The van der Waals surface area contributed by atoms with Gasteiger partial charge in [-0.2, -0.15) is 0 Å². The van der Waals surface area contributed by atoms with Crippen LogP contribution in [-0.4, -0.2) is 17.9 Å². The molecule has 0 radical (unpaired) electrons. The molecule has 88 valence electrons. The average Bonchev–Trinajstić information content (AvgIpc) is 2.81. The lowest BCUT2D eigenvalue weighted by molar-refractivity contribution is -0.314. The number of fused-ring (bicyclic) bond motifs is 2. The van der Waals surface area contributed by atoms with Gasteiger partial charge in [0.05, 0.1) is 0 Å². The number of carboxylic acids is 1. The predicted molar refractivity (Wildman–Crippen MR) is 54.0 cm³/mol. The molecule has 0 aromatic heterocycles. The van der Waals surface area contributed by atoms with Crippen LogP contribution in [0.25, 0.3) is 0 Å². The molecule has 0 unspecified atom stereocenters. The third-order valence-corrected chi connectivity index (χ3v) is 4.42. The summed E-state index contributed by atoms with van der Waals surface area (Å²) >= 11 is 0. The largest absolute Gasteiger partial charge is 0.550 e. The number of aliphatic carboxylic acids is 1. The Hall–Kier alpha value is -1.06. The maximum absolute atomic E-state index is 12.0. The lowest BCUT2D eigenvalue weighted by atomic mass is 9.78. The molecule has 0 spiro atoms. The van der Waals surface area contributed by atoms with Crippen LogP contribution in [0.5, 0.6) is 0 Å². The molecule has 3 fully saturated rings. The summed E-state index contributed by atoms with van der Waals surface area (Å²) in [5.74, 6) is -1.44. The van der Waals surface area contributed by atoms with Crippen molar-refractivity contribution < 1.29 is 14.7 Å². The van der Waals surface area contributed by atoms with E-state index in [4.69, 9.17) is 0 Å². The highest BCUT2D eigenvalue weighted by molar-refractivity contribution is 5.86. The molecule has 0 aliphatic heterocycles. The first-order valence-electron chi connectivity index (χ1n) is 6.18. The van der Waals surface area contributed by atoms with E-state index in [1.807, 2.05) is 0 Å². The first kappa shape index (κ1) is 10.1. The van der Waals surface area contributed by atoms with Crippen molar-refractivity contribution >= 4 is 11.9 Å². The first-order valence-corrected chi connectivity index (χ1v) is 6.18. The number of amides is 1. The van der Waals surface area contributed by atoms with Gasteiger partial charge in [-0.05, 0) is 43.9 Å². The van der Waals surface area contributed by atoms with Crippen LogP contribution >= 0.6 is 0 Å². The normalized spacial score (nSPS) is 41.0. The summed E-state index contributed by atoms with van der Waals surface area (Å²) in [5, 5.41) is 14.1. The van der Waals surface area contributed by atoms with Crippen LogP contribution in [0.1, 0.15) is 32.1 Å². The van der Waals surface area contributed by atoms with E-state index in [9.17, 15) is 14.7 Å². The Bertz CT molecular complexity index is 337. The van der Waals surface area contributed by atoms with E-state index in [0.29, 0.717) is 6.04 Å². The molecule has 4 nitrogen and oxygen atoms in total. The molecule has 0 saturated heterocycles. The van der Waals surface area contributed by atoms with Gasteiger partial charge in [0, 0.05) is 23.8 Å². The summed E-state index contributed by atoms with van der Waals surface area (Å²) in [4.78, 5) is 23.1. The third kappa shape index (κ3) is 1.51. The second kappa shape index (κ2) is 3.47. The highest BCUT2D eigenvalue weighted by Gasteiger charge is 2.51. The molecular weight excluding hydrogens is 206 g/mol. The zero-order valence-electron chi connectivity index (χ0n) is 9.15. The van der Waals surface area contributed by atoms with Gasteiger partial charge < -0.3 is 15.2 Å². The molecule has 4 atom stereocenters. The van der Waals surface area contributed by atoms with Crippen molar-refractivity contribution in [2.24, 2.45) is 23.7 Å². The summed E-state index contributed by atoms with van der Waals surface area (Å²) in [5.41, 5.74) is 0. The number of carbonyl (C=O) groups excluding carboxylic acids is 2. The first-order chi connectivity index (χ1) is 7.66. The molecule has 1 amide bonds. The van der Waals surface area contributed by atoms with Crippen LogP contribution < -0.4 is 10.4 Å². The van der Waals surface area contributed by atoms with E-state index in [0.717, 1.165) is 32.1 Å². The third-order valence-electron chi connectivity index (χ3n) is 4.42. The van der Waals surface area contributed by atoms with Crippen LogP contribution in [0.2, 0.25) is 0 Å². The SMILES string of the molecule is O=C(NC1CC1)[C@@H]1[C@H]2CC[C@@H](C2)[C@@H]1C(=O)[O-]. The molecule has 4 heteroatoms. The van der Waals surface area contributed by atoms with E-state index < -0.39 is 11.9 Å². The molecule has 0 heterocycles. The summed E-state index contributed by atoms with van der Waals surface area (Å²) in [6, 6.07) is 0.314. The van der Waals surface area contributed by atoms with Crippen molar-refractivity contribution in [1.29, 1.82) is 0 Å². The molecule has 3 aliphatic rings. The van der Waals surface area contributed by atoms with Crippen molar-refractivity contribution in [2.45, 2.75) is 38.1 Å². The van der Waals surface area contributed by atoms with Gasteiger partial charge in [-0.3, -0.25) is 4.79 Å². The van der Waals surface area contributed by atoms with Crippen molar-refractivity contribution in [3.05, 3.63) is 0 Å². The molecule has 16 heavy (non-hydrogen) atoms. The zero-order chi connectivity index (χ0) is 11.3. The molecule has 0 aromatic carbocycles. The van der Waals surface area contributed by atoms with E-state index in [-0.39, 0.29) is 23.7 Å². The Kier molecular flexibility index (Phi) is 2.19. The Morgan fingerprint density at radius 2 is 1.62 bits per heavy atom. The maximum atomic E-state index is 12.0. The summed E-state index contributed by atoms with van der Waals surface area (Å²) in [7, 11) is 0. The highest BCUT2D eigenvalue weighted by Crippen LogP contribution is 2.52. The molecule has 3 aliphatic carbocycles. The van der Waals surface area contributed by atoms with Crippen LogP contribution in [0.3, 0.4) is 0 Å². The average molecular weight is 222 g/mol. The van der Waals surface area contributed by atoms with E-state index in [2.05, 4.69) is 5.32 Å². The van der Waals surface area contributed by atoms with Gasteiger partial charge in [-0.25, -0.2) is 0 Å². The van der Waals surface area contributed by atoms with Crippen molar-refractivity contribution in [1.82, 2.24) is 5.32 Å². The Labute approximate surface area is 94.4 Å². The minimum absolute atomic E-state index is 0.0381. The molecule has 2 bridgehead atoms. The fraction of sp³-hybridized carbons (Fsp3) is 0.833. The lowest BCUT2D eigenvalue weighted by Crippen LogP contribution is -2.46. The maximum Gasteiger partial charge on any atom is 0.224 e. The van der Waals surface area contributed by atoms with Gasteiger partial charge in [-0.1, -0.05) is 0 Å². The summed E-state index contributed by atoms with van der Waals surface area (Å²) < 4.78 is 0. The topological polar surface area (TPSA) is 69.2 Å². The van der Waals surface area contributed by atoms with E-state index in [1.165, 1.54) is 0 Å². The van der Waals surface area contributed by atoms with Crippen LogP contribution in [0, 0.1) is 23.7 Å². The molecule has 3 rings (SSSR count). The number of carbonyl (C=O) groups is 2. The summed E-state index contributed by atoms with van der Waals surface area (Å²) in [6.07, 6.45) is 4.96. The monoisotopic (exact) mass is 222 g/mol. The molecule has 0 aromatic rings. The van der Waals surface area contributed by atoms with E-state index >= 15 is 0 Å². The number of rotatable bonds is 3. The zero-order valence-corrected chi connectivity index (χ0v) is 9.15. The van der Waals surface area contributed by atoms with Gasteiger partial charge in [0.15, 0.2) is 0 Å². The lowest BCUT2D eigenvalue weighted by Gasteiger charge is -2.30. The fourth-order valence-electron chi connectivity index (χ4n) is 3.53. The number of carboxylic acid groups (broad SMARTS) is 1. The van der Waals surface area contributed by atoms with Crippen LogP contribution in [0.4, 0.5) is 0 Å². The van der Waals surface area contributed by atoms with Crippen LogP contribution in [0.15, 0.2) is 0 Å². The smallest absolute Gasteiger partial charge is 0.224 e. The van der Waals surface area contributed by atoms with Crippen molar-refractivity contribution in [3.8, 4) is 0 Å². The number of nitrogens with one attached hydrogen (secondary N) is 1. The van der Waals surface area contributed by atoms with E-state index in [1.54, 1.807) is 0 Å². The minimum Gasteiger partial charge on any atom is -0.550 e. The minimum atomic E-state index is -1.02. The molecule has 3 saturated carbocycles. The van der Waals surface area contributed by atoms with Crippen LogP contribution in [-0.2, 0) is 9.59 Å². The number of hydrogen-bond donors (Lipinski definition) is 1. The Morgan fingerprint density at radius 3 is 2.19 bits per heavy atom. The second-order valence-corrected chi connectivity index (χ2v) is 5.49. The van der Waals surface area contributed by atoms with Crippen molar-refractivity contribution in [2.75, 3.05) is 0 Å². The van der Waals surface area contributed by atoms with Gasteiger partial charge in [0.1, 0.15) is 0 Å².